The predicted molar refractivity (Wildman–Crippen MR) is 28.7 cm³/mol. The molecular weight excluding hydrogens is 88.1 g/mol. The monoisotopic (exact) mass is 99.1 g/mol. The van der Waals surface area contributed by atoms with Crippen LogP contribution in [0, 0.1) is 12.3 Å². The molecule has 0 bridgehead atoms. The van der Waals surface area contributed by atoms with Crippen molar-refractivity contribution in [1.82, 2.24) is 0 Å². The van der Waals surface area contributed by atoms with Crippen LogP contribution >= 0.6 is 0 Å². The normalized spacial score (nSPS) is 20.1. The standard InChI is InChI=1S/C6H11O/c7-5-1-2-6-3-4-6/h1,6-7H,2-5H2. The Kier molecular flexibility index (Phi) is 1.69. The van der Waals surface area contributed by atoms with Crippen LogP contribution in [0.3, 0.4) is 0 Å². The largest absolute Gasteiger partial charge is 0.396 e. The molecule has 7 heavy (non-hydrogen) atoms. The number of aliphatic hydroxyl groups excluding tert-OH is 1. The summed E-state index contributed by atoms with van der Waals surface area (Å²) in [7, 11) is 0. The summed E-state index contributed by atoms with van der Waals surface area (Å²) >= 11 is 0. The van der Waals surface area contributed by atoms with Gasteiger partial charge in [-0.3, -0.25) is 0 Å². The fourth-order valence-corrected chi connectivity index (χ4v) is 0.664. The minimum Gasteiger partial charge on any atom is -0.396 e. The van der Waals surface area contributed by atoms with E-state index in [1.807, 2.05) is 6.42 Å². The van der Waals surface area contributed by atoms with Crippen LogP contribution in [-0.4, -0.2) is 11.7 Å². The van der Waals surface area contributed by atoms with Crippen molar-refractivity contribution in [2.24, 2.45) is 5.92 Å². The highest BCUT2D eigenvalue weighted by Crippen LogP contribution is 2.32. The van der Waals surface area contributed by atoms with Crippen molar-refractivity contribution in [3.8, 4) is 0 Å². The molecule has 0 saturated heterocycles. The highest BCUT2D eigenvalue weighted by atomic mass is 16.2. The van der Waals surface area contributed by atoms with E-state index in [1.54, 1.807) is 0 Å². The van der Waals surface area contributed by atoms with Gasteiger partial charge in [0, 0.05) is 6.61 Å². The average molecular weight is 99.2 g/mol. The molecule has 1 heteroatoms. The molecule has 0 unspecified atom stereocenters. The zero-order valence-electron chi connectivity index (χ0n) is 4.43. The Morgan fingerprint density at radius 3 is 2.71 bits per heavy atom. The molecule has 0 aliphatic heterocycles. The quantitative estimate of drug-likeness (QED) is 0.559. The van der Waals surface area contributed by atoms with Gasteiger partial charge in [0.05, 0.1) is 0 Å². The summed E-state index contributed by atoms with van der Waals surface area (Å²) in [6.07, 6.45) is 5.85. The highest BCUT2D eigenvalue weighted by Gasteiger charge is 2.19. The third-order valence-corrected chi connectivity index (χ3v) is 1.33. The van der Waals surface area contributed by atoms with Gasteiger partial charge in [0.2, 0.25) is 0 Å². The molecule has 1 aliphatic rings. The maximum Gasteiger partial charge on any atom is 0.0462 e. The van der Waals surface area contributed by atoms with Crippen LogP contribution in [0.25, 0.3) is 0 Å². The first-order valence-electron chi connectivity index (χ1n) is 2.86. The van der Waals surface area contributed by atoms with Crippen LogP contribution in [0.15, 0.2) is 0 Å². The molecule has 1 radical (unpaired) electrons. The number of rotatable bonds is 3. The smallest absolute Gasteiger partial charge is 0.0462 e. The maximum absolute atomic E-state index is 8.29. The van der Waals surface area contributed by atoms with Crippen LogP contribution in [0.5, 0.6) is 0 Å². The van der Waals surface area contributed by atoms with Gasteiger partial charge in [-0.05, 0) is 18.8 Å². The molecule has 1 N–H and O–H groups in total. The Morgan fingerprint density at radius 1 is 1.57 bits per heavy atom. The van der Waals surface area contributed by atoms with E-state index < -0.39 is 0 Å². The van der Waals surface area contributed by atoms with E-state index in [0.29, 0.717) is 0 Å². The molecule has 1 saturated carbocycles. The van der Waals surface area contributed by atoms with Crippen molar-refractivity contribution in [2.45, 2.75) is 19.3 Å². The van der Waals surface area contributed by atoms with Gasteiger partial charge < -0.3 is 5.11 Å². The topological polar surface area (TPSA) is 20.2 Å². The van der Waals surface area contributed by atoms with Crippen LogP contribution in [0.4, 0.5) is 0 Å². The van der Waals surface area contributed by atoms with Gasteiger partial charge in [-0.1, -0.05) is 12.8 Å². The van der Waals surface area contributed by atoms with Crippen LogP contribution in [0.1, 0.15) is 19.3 Å². The Hall–Kier alpha value is -0.0400. The predicted octanol–water partition coefficient (Wildman–Crippen LogP) is 0.983. The summed E-state index contributed by atoms with van der Waals surface area (Å²) in [6, 6.07) is 0. The van der Waals surface area contributed by atoms with Gasteiger partial charge in [-0.15, -0.1) is 0 Å². The van der Waals surface area contributed by atoms with Crippen molar-refractivity contribution >= 4 is 0 Å². The van der Waals surface area contributed by atoms with Gasteiger partial charge >= 0.3 is 0 Å². The Balaban J connectivity index is 1.80. The van der Waals surface area contributed by atoms with E-state index in [2.05, 4.69) is 0 Å². The number of aliphatic hydroxyl groups is 1. The number of hydrogen-bond donors (Lipinski definition) is 1. The van der Waals surface area contributed by atoms with Crippen LogP contribution in [0.2, 0.25) is 0 Å². The van der Waals surface area contributed by atoms with Gasteiger partial charge in [-0.25, -0.2) is 0 Å². The minimum atomic E-state index is 0.260. The summed E-state index contributed by atoms with van der Waals surface area (Å²) in [5, 5.41) is 8.29. The minimum absolute atomic E-state index is 0.260. The SMILES string of the molecule is OC[CH]CC1CC1. The second-order valence-corrected chi connectivity index (χ2v) is 2.15. The Bertz CT molecular complexity index is 48.1. The second kappa shape index (κ2) is 2.31. The van der Waals surface area contributed by atoms with Gasteiger partial charge in [-0.2, -0.15) is 0 Å². The average Bonchev–Trinajstić information content (AvgIpc) is 2.42. The summed E-state index contributed by atoms with van der Waals surface area (Å²) < 4.78 is 0. The van der Waals surface area contributed by atoms with E-state index in [4.69, 9.17) is 5.11 Å². The van der Waals surface area contributed by atoms with Gasteiger partial charge in [0.15, 0.2) is 0 Å². The fraction of sp³-hybridized carbons (Fsp3) is 0.833. The van der Waals surface area contributed by atoms with Crippen molar-refractivity contribution in [3.05, 3.63) is 6.42 Å². The maximum atomic E-state index is 8.29. The molecule has 0 aromatic heterocycles. The highest BCUT2D eigenvalue weighted by molar-refractivity contribution is 4.79. The zero-order chi connectivity index (χ0) is 5.11. The first-order valence-corrected chi connectivity index (χ1v) is 2.86. The molecular formula is C6H11O. The Labute approximate surface area is 44.4 Å². The molecule has 0 spiro atoms. The van der Waals surface area contributed by atoms with Gasteiger partial charge in [0.25, 0.3) is 0 Å². The molecule has 0 aromatic rings. The summed E-state index contributed by atoms with van der Waals surface area (Å²) in [4.78, 5) is 0. The third kappa shape index (κ3) is 1.93. The van der Waals surface area contributed by atoms with E-state index >= 15 is 0 Å². The lowest BCUT2D eigenvalue weighted by Gasteiger charge is -1.87. The molecule has 0 aromatic carbocycles. The third-order valence-electron chi connectivity index (χ3n) is 1.33. The van der Waals surface area contributed by atoms with Crippen LogP contribution < -0.4 is 0 Å². The van der Waals surface area contributed by atoms with E-state index in [-0.39, 0.29) is 6.61 Å². The van der Waals surface area contributed by atoms with E-state index in [0.717, 1.165) is 12.3 Å². The first kappa shape index (κ1) is 5.10. The van der Waals surface area contributed by atoms with Crippen molar-refractivity contribution in [1.29, 1.82) is 0 Å². The lowest BCUT2D eigenvalue weighted by atomic mass is 10.2. The molecule has 1 nitrogen and oxygen atoms in total. The molecule has 1 rings (SSSR count). The molecule has 1 aliphatic carbocycles. The van der Waals surface area contributed by atoms with E-state index in [1.165, 1.54) is 12.8 Å². The molecule has 0 atom stereocenters. The zero-order valence-corrected chi connectivity index (χ0v) is 4.43. The lowest BCUT2D eigenvalue weighted by molar-refractivity contribution is 0.321. The number of hydrogen-bond acceptors (Lipinski definition) is 1. The van der Waals surface area contributed by atoms with E-state index in [9.17, 15) is 0 Å². The lowest BCUT2D eigenvalue weighted by Crippen LogP contribution is -1.83. The molecule has 1 fully saturated rings. The summed E-state index contributed by atoms with van der Waals surface area (Å²) in [6.45, 7) is 0.260. The first-order chi connectivity index (χ1) is 3.43. The van der Waals surface area contributed by atoms with Crippen molar-refractivity contribution in [2.75, 3.05) is 6.61 Å². The summed E-state index contributed by atoms with van der Waals surface area (Å²) in [5.41, 5.74) is 0. The summed E-state index contributed by atoms with van der Waals surface area (Å²) in [5.74, 6) is 0.937. The van der Waals surface area contributed by atoms with Crippen molar-refractivity contribution < 1.29 is 5.11 Å². The fourth-order valence-electron chi connectivity index (χ4n) is 0.664. The van der Waals surface area contributed by atoms with Crippen LogP contribution in [-0.2, 0) is 0 Å². The Morgan fingerprint density at radius 2 is 2.29 bits per heavy atom. The van der Waals surface area contributed by atoms with Gasteiger partial charge in [0.1, 0.15) is 0 Å². The second-order valence-electron chi connectivity index (χ2n) is 2.15. The molecule has 0 heterocycles. The molecule has 0 amide bonds. The van der Waals surface area contributed by atoms with Crippen molar-refractivity contribution in [3.63, 3.8) is 0 Å². The molecule has 41 valence electrons.